The molecule has 0 unspecified atom stereocenters. The van der Waals surface area contributed by atoms with Crippen molar-refractivity contribution in [2.75, 3.05) is 32.8 Å². The molecule has 7 nitrogen and oxygen atoms in total. The number of amides is 1. The number of carbonyl (C=O) groups excluding carboxylic acids is 1. The minimum atomic E-state index is -0.255. The number of piperidine rings is 1. The van der Waals surface area contributed by atoms with Crippen molar-refractivity contribution in [1.82, 2.24) is 25.2 Å². The minimum absolute atomic E-state index is 0.0517. The molecule has 0 bridgehead atoms. The number of nitrogens with one attached hydrogen (secondary N) is 1. The smallest absolute Gasteiger partial charge is 0.273 e. The molecule has 2 heterocycles. The summed E-state index contributed by atoms with van der Waals surface area (Å²) in [6, 6.07) is 10.3. The van der Waals surface area contributed by atoms with Crippen LogP contribution >= 0.6 is 11.6 Å². The summed E-state index contributed by atoms with van der Waals surface area (Å²) in [5.74, 6) is -0.255. The molecule has 2 aromatic rings. The van der Waals surface area contributed by atoms with Crippen molar-refractivity contribution in [3.8, 4) is 0 Å². The zero-order chi connectivity index (χ0) is 19.8. The van der Waals surface area contributed by atoms with Crippen molar-refractivity contribution in [2.45, 2.75) is 25.3 Å². The molecule has 1 amide bonds. The maximum Gasteiger partial charge on any atom is 0.273 e. The lowest BCUT2D eigenvalue weighted by Crippen LogP contribution is -2.35. The molecule has 1 aromatic heterocycles. The number of hydrogen-bond acceptors (Lipinski definition) is 5. The molecule has 0 saturated carbocycles. The maximum atomic E-state index is 12.0. The van der Waals surface area contributed by atoms with Gasteiger partial charge in [-0.1, -0.05) is 47.1 Å². The Kier molecular flexibility index (Phi) is 7.59. The van der Waals surface area contributed by atoms with Gasteiger partial charge in [0.05, 0.1) is 12.2 Å². The van der Waals surface area contributed by atoms with Crippen molar-refractivity contribution in [2.24, 2.45) is 0 Å². The normalized spacial score (nSPS) is 16.3. The summed E-state index contributed by atoms with van der Waals surface area (Å²) < 4.78 is 1.79. The Morgan fingerprint density at radius 1 is 1.29 bits per heavy atom. The van der Waals surface area contributed by atoms with E-state index in [0.29, 0.717) is 18.7 Å². The molecule has 0 radical (unpaired) electrons. The van der Waals surface area contributed by atoms with Crippen LogP contribution in [0.4, 0.5) is 0 Å². The zero-order valence-corrected chi connectivity index (χ0v) is 16.6. The van der Waals surface area contributed by atoms with E-state index in [2.05, 4.69) is 20.5 Å². The minimum Gasteiger partial charge on any atom is -0.396 e. The van der Waals surface area contributed by atoms with Crippen LogP contribution in [0.2, 0.25) is 0 Å². The summed E-state index contributed by atoms with van der Waals surface area (Å²) in [5.41, 5.74) is 1.42. The van der Waals surface area contributed by atoms with Gasteiger partial charge in [-0.25, -0.2) is 4.68 Å². The second-order valence-corrected chi connectivity index (χ2v) is 7.41. The first-order valence-electron chi connectivity index (χ1n) is 9.60. The van der Waals surface area contributed by atoms with Gasteiger partial charge in [-0.3, -0.25) is 9.69 Å². The predicted octanol–water partition coefficient (Wildman–Crippen LogP) is 2.31. The average Bonchev–Trinajstić information content (AvgIpc) is 3.20. The molecule has 8 heteroatoms. The van der Waals surface area contributed by atoms with Crippen molar-refractivity contribution < 1.29 is 9.90 Å². The van der Waals surface area contributed by atoms with Crippen LogP contribution in [0.1, 0.15) is 41.4 Å². The standard InChI is InChI=1S/C20H26ClN5O2/c21-17(13-16-5-2-1-3-6-16)14-25-10-7-18(8-11-25)26-15-19(23-24-26)20(28)22-9-4-12-27/h1-3,5-6,13,15,18,27H,4,7-12,14H2,(H,22,28)/b17-13-. The van der Waals surface area contributed by atoms with Gasteiger partial charge in [-0.2, -0.15) is 0 Å². The van der Waals surface area contributed by atoms with Gasteiger partial charge in [0.25, 0.3) is 5.91 Å². The van der Waals surface area contributed by atoms with Gasteiger partial charge in [-0.05, 0) is 30.9 Å². The highest BCUT2D eigenvalue weighted by molar-refractivity contribution is 6.31. The van der Waals surface area contributed by atoms with Crippen LogP contribution in [0.3, 0.4) is 0 Å². The Morgan fingerprint density at radius 2 is 2.04 bits per heavy atom. The van der Waals surface area contributed by atoms with E-state index in [0.717, 1.165) is 43.1 Å². The fraction of sp³-hybridized carbons (Fsp3) is 0.450. The lowest BCUT2D eigenvalue weighted by Gasteiger charge is -2.31. The monoisotopic (exact) mass is 403 g/mol. The van der Waals surface area contributed by atoms with Crippen LogP contribution < -0.4 is 5.32 Å². The molecular weight excluding hydrogens is 378 g/mol. The number of rotatable bonds is 8. The number of carbonyl (C=O) groups is 1. The molecule has 150 valence electrons. The summed E-state index contributed by atoms with van der Waals surface area (Å²) in [4.78, 5) is 14.3. The van der Waals surface area contributed by atoms with E-state index in [4.69, 9.17) is 16.7 Å². The molecule has 1 aliphatic rings. The SMILES string of the molecule is O=C(NCCCO)c1cn(C2CCN(C/C(Cl)=C/c3ccccc3)CC2)nn1. The van der Waals surface area contributed by atoms with Crippen molar-refractivity contribution in [1.29, 1.82) is 0 Å². The summed E-state index contributed by atoms with van der Waals surface area (Å²) in [6.07, 6.45) is 6.11. The lowest BCUT2D eigenvalue weighted by molar-refractivity contribution is 0.0946. The number of halogens is 1. The summed E-state index contributed by atoms with van der Waals surface area (Å²) in [7, 11) is 0. The molecule has 1 aliphatic heterocycles. The Morgan fingerprint density at radius 3 is 2.75 bits per heavy atom. The highest BCUT2D eigenvalue weighted by atomic mass is 35.5. The Labute approximate surface area is 170 Å². The van der Waals surface area contributed by atoms with E-state index in [9.17, 15) is 4.79 Å². The van der Waals surface area contributed by atoms with Gasteiger partial charge in [0.1, 0.15) is 0 Å². The second-order valence-electron chi connectivity index (χ2n) is 6.93. The molecule has 0 atom stereocenters. The number of aromatic nitrogens is 3. The third-order valence-corrected chi connectivity index (χ3v) is 5.02. The summed E-state index contributed by atoms with van der Waals surface area (Å²) >= 11 is 6.42. The highest BCUT2D eigenvalue weighted by Gasteiger charge is 2.23. The number of hydrogen-bond donors (Lipinski definition) is 2. The third-order valence-electron chi connectivity index (χ3n) is 4.79. The molecular formula is C20H26ClN5O2. The lowest BCUT2D eigenvalue weighted by atomic mass is 10.1. The fourth-order valence-corrected chi connectivity index (χ4v) is 3.56. The van der Waals surface area contributed by atoms with Crippen LogP contribution in [0.15, 0.2) is 41.6 Å². The second kappa shape index (κ2) is 10.4. The molecule has 2 N–H and O–H groups in total. The molecule has 1 saturated heterocycles. The van der Waals surface area contributed by atoms with Gasteiger partial charge in [-0.15, -0.1) is 5.10 Å². The van der Waals surface area contributed by atoms with Gasteiger partial charge < -0.3 is 10.4 Å². The quantitative estimate of drug-likeness (QED) is 0.661. The summed E-state index contributed by atoms with van der Waals surface area (Å²) in [5, 5.41) is 20.4. The van der Waals surface area contributed by atoms with Gasteiger partial charge >= 0.3 is 0 Å². The molecule has 0 spiro atoms. The van der Waals surface area contributed by atoms with E-state index >= 15 is 0 Å². The van der Waals surface area contributed by atoms with Crippen molar-refractivity contribution in [3.63, 3.8) is 0 Å². The van der Waals surface area contributed by atoms with E-state index in [1.807, 2.05) is 36.4 Å². The topological polar surface area (TPSA) is 83.3 Å². The first-order valence-corrected chi connectivity index (χ1v) is 9.98. The van der Waals surface area contributed by atoms with E-state index in [1.54, 1.807) is 10.9 Å². The van der Waals surface area contributed by atoms with Crippen LogP contribution in [0.25, 0.3) is 6.08 Å². The largest absolute Gasteiger partial charge is 0.396 e. The fourth-order valence-electron chi connectivity index (χ4n) is 3.26. The first kappa shape index (κ1) is 20.5. The van der Waals surface area contributed by atoms with Gasteiger partial charge in [0, 0.05) is 37.8 Å². The summed E-state index contributed by atoms with van der Waals surface area (Å²) in [6.45, 7) is 3.05. The van der Waals surface area contributed by atoms with E-state index in [1.165, 1.54) is 0 Å². The van der Waals surface area contributed by atoms with Gasteiger partial charge in [0.2, 0.25) is 0 Å². The molecule has 0 aliphatic carbocycles. The van der Waals surface area contributed by atoms with Crippen LogP contribution in [-0.4, -0.2) is 63.7 Å². The Balaban J connectivity index is 1.47. The van der Waals surface area contributed by atoms with E-state index in [-0.39, 0.29) is 18.6 Å². The predicted molar refractivity (Wildman–Crippen MR) is 109 cm³/mol. The maximum absolute atomic E-state index is 12.0. The van der Waals surface area contributed by atoms with E-state index < -0.39 is 0 Å². The Bertz CT molecular complexity index is 785. The highest BCUT2D eigenvalue weighted by Crippen LogP contribution is 2.23. The number of benzene rings is 1. The van der Waals surface area contributed by atoms with Crippen molar-refractivity contribution >= 4 is 23.6 Å². The number of aliphatic hydroxyl groups is 1. The molecule has 28 heavy (non-hydrogen) atoms. The number of likely N-dealkylation sites (tertiary alicyclic amines) is 1. The molecule has 1 aromatic carbocycles. The van der Waals surface area contributed by atoms with Crippen molar-refractivity contribution in [3.05, 3.63) is 52.8 Å². The van der Waals surface area contributed by atoms with Crippen LogP contribution in [0.5, 0.6) is 0 Å². The average molecular weight is 404 g/mol. The number of aliphatic hydroxyl groups excluding tert-OH is 1. The molecule has 1 fully saturated rings. The zero-order valence-electron chi connectivity index (χ0n) is 15.8. The Hall–Kier alpha value is -2.22. The van der Waals surface area contributed by atoms with Crippen LogP contribution in [-0.2, 0) is 0 Å². The third kappa shape index (κ3) is 5.89. The first-order chi connectivity index (χ1) is 13.7. The van der Waals surface area contributed by atoms with Crippen LogP contribution in [0, 0.1) is 0 Å². The number of nitrogens with zero attached hydrogens (tertiary/aromatic N) is 4. The van der Waals surface area contributed by atoms with Gasteiger partial charge in [0.15, 0.2) is 5.69 Å². The molecule has 3 rings (SSSR count).